The maximum absolute atomic E-state index is 5.86. The second-order valence-electron chi connectivity index (χ2n) is 5.10. The third kappa shape index (κ3) is 2.44. The van der Waals surface area contributed by atoms with Gasteiger partial charge in [0.25, 0.3) is 0 Å². The molecule has 1 atom stereocenters. The molecule has 1 unspecified atom stereocenters. The molecule has 0 amide bonds. The van der Waals surface area contributed by atoms with E-state index in [0.29, 0.717) is 6.04 Å². The largest absolute Gasteiger partial charge is 0.489 e. The summed E-state index contributed by atoms with van der Waals surface area (Å²) >= 11 is 3.51. The minimum absolute atomic E-state index is 0.497. The Hall–Kier alpha value is -0.700. The highest BCUT2D eigenvalue weighted by atomic mass is 79.9. The zero-order valence-electron chi connectivity index (χ0n) is 9.92. The van der Waals surface area contributed by atoms with E-state index in [0.717, 1.165) is 28.4 Å². The maximum atomic E-state index is 5.86. The van der Waals surface area contributed by atoms with Gasteiger partial charge in [0.15, 0.2) is 0 Å². The fourth-order valence-electron chi connectivity index (χ4n) is 2.95. The number of ether oxygens (including phenoxy) is 1. The van der Waals surface area contributed by atoms with Crippen molar-refractivity contribution in [2.45, 2.75) is 38.1 Å². The molecule has 1 N–H and O–H groups in total. The number of hydrogen-bond donors (Lipinski definition) is 1. The van der Waals surface area contributed by atoms with E-state index in [1.165, 1.54) is 32.1 Å². The first-order valence-electron chi connectivity index (χ1n) is 6.52. The molecule has 0 radical (unpaired) electrons. The lowest BCUT2D eigenvalue weighted by molar-refractivity contribution is 0.214. The van der Waals surface area contributed by atoms with Gasteiger partial charge in [0.05, 0.1) is 11.7 Å². The summed E-state index contributed by atoms with van der Waals surface area (Å²) in [4.78, 5) is 0. The van der Waals surface area contributed by atoms with Gasteiger partial charge in [-0.2, -0.15) is 0 Å². The molecule has 0 aromatic heterocycles. The molecule has 2 nitrogen and oxygen atoms in total. The Balaban J connectivity index is 1.75. The molecule has 2 aliphatic rings. The van der Waals surface area contributed by atoms with E-state index in [2.05, 4.69) is 27.3 Å². The third-order valence-corrected chi connectivity index (χ3v) is 4.41. The first-order valence-corrected chi connectivity index (χ1v) is 7.31. The number of rotatable bonds is 1. The Morgan fingerprint density at radius 1 is 1.18 bits per heavy atom. The van der Waals surface area contributed by atoms with Crippen LogP contribution in [0.2, 0.25) is 0 Å². The van der Waals surface area contributed by atoms with E-state index in [-0.39, 0.29) is 0 Å². The number of halogens is 1. The molecule has 1 aliphatic heterocycles. The lowest BCUT2D eigenvalue weighted by Crippen LogP contribution is -2.38. The van der Waals surface area contributed by atoms with Gasteiger partial charge in [0, 0.05) is 4.47 Å². The lowest BCUT2D eigenvalue weighted by atomic mass is 9.83. The van der Waals surface area contributed by atoms with Crippen LogP contribution in [0.5, 0.6) is 5.75 Å². The van der Waals surface area contributed by atoms with E-state index < -0.39 is 0 Å². The van der Waals surface area contributed by atoms with Crippen molar-refractivity contribution < 1.29 is 4.74 Å². The van der Waals surface area contributed by atoms with E-state index in [4.69, 9.17) is 4.74 Å². The molecular weight excluding hydrogens is 278 g/mol. The van der Waals surface area contributed by atoms with Crippen LogP contribution in [0.25, 0.3) is 0 Å². The van der Waals surface area contributed by atoms with Crippen LogP contribution in [0.15, 0.2) is 22.7 Å². The molecule has 1 aromatic rings. The van der Waals surface area contributed by atoms with Gasteiger partial charge in [-0.25, -0.2) is 0 Å². The zero-order chi connectivity index (χ0) is 11.7. The summed E-state index contributed by atoms with van der Waals surface area (Å²) in [6.45, 7) is 0.819. The lowest BCUT2D eigenvalue weighted by Gasteiger charge is -2.35. The Morgan fingerprint density at radius 3 is 2.82 bits per heavy atom. The summed E-state index contributed by atoms with van der Waals surface area (Å²) < 4.78 is 6.97. The van der Waals surface area contributed by atoms with Crippen LogP contribution in [-0.4, -0.2) is 12.6 Å². The van der Waals surface area contributed by atoms with Crippen molar-refractivity contribution in [1.82, 2.24) is 0 Å². The first kappa shape index (κ1) is 11.4. The van der Waals surface area contributed by atoms with Crippen LogP contribution in [-0.2, 0) is 0 Å². The van der Waals surface area contributed by atoms with E-state index >= 15 is 0 Å². The number of anilines is 1. The molecule has 1 heterocycles. The Labute approximate surface area is 111 Å². The molecule has 3 heteroatoms. The number of nitrogens with one attached hydrogen (secondary N) is 1. The second kappa shape index (κ2) is 4.89. The summed E-state index contributed by atoms with van der Waals surface area (Å²) in [6, 6.07) is 6.67. The van der Waals surface area contributed by atoms with Gasteiger partial charge in [0.1, 0.15) is 12.4 Å². The van der Waals surface area contributed by atoms with E-state index in [1.807, 2.05) is 12.1 Å². The van der Waals surface area contributed by atoms with Crippen molar-refractivity contribution in [3.05, 3.63) is 22.7 Å². The van der Waals surface area contributed by atoms with E-state index in [9.17, 15) is 0 Å². The fraction of sp³-hybridized carbons (Fsp3) is 0.571. The Kier molecular flexibility index (Phi) is 3.28. The standard InChI is InChI=1S/C14H18BrNO/c15-11-6-7-14-12(8-11)16-13(9-17-14)10-4-2-1-3-5-10/h6-8,10,13,16H,1-5,9H2. The quantitative estimate of drug-likeness (QED) is 0.838. The van der Waals surface area contributed by atoms with Crippen molar-refractivity contribution in [2.75, 3.05) is 11.9 Å². The molecule has 1 aliphatic carbocycles. The molecule has 1 saturated carbocycles. The topological polar surface area (TPSA) is 21.3 Å². The molecule has 1 fully saturated rings. The number of benzene rings is 1. The molecular formula is C14H18BrNO. The first-order chi connectivity index (χ1) is 8.33. The fourth-order valence-corrected chi connectivity index (χ4v) is 3.31. The van der Waals surface area contributed by atoms with Crippen LogP contribution in [0.3, 0.4) is 0 Å². The van der Waals surface area contributed by atoms with Crippen molar-refractivity contribution in [1.29, 1.82) is 0 Å². The molecule has 0 spiro atoms. The highest BCUT2D eigenvalue weighted by Crippen LogP contribution is 2.36. The highest BCUT2D eigenvalue weighted by Gasteiger charge is 2.27. The van der Waals surface area contributed by atoms with Crippen LogP contribution in [0.4, 0.5) is 5.69 Å². The number of hydrogen-bond acceptors (Lipinski definition) is 2. The van der Waals surface area contributed by atoms with E-state index in [1.54, 1.807) is 0 Å². The second-order valence-corrected chi connectivity index (χ2v) is 6.02. The SMILES string of the molecule is Brc1ccc2c(c1)NC(C1CCCCC1)CO2. The monoisotopic (exact) mass is 295 g/mol. The molecule has 3 rings (SSSR count). The van der Waals surface area contributed by atoms with Gasteiger partial charge in [-0.05, 0) is 37.0 Å². The number of fused-ring (bicyclic) bond motifs is 1. The van der Waals surface area contributed by atoms with Gasteiger partial charge in [0.2, 0.25) is 0 Å². The highest BCUT2D eigenvalue weighted by molar-refractivity contribution is 9.10. The van der Waals surface area contributed by atoms with Crippen LogP contribution >= 0.6 is 15.9 Å². The summed E-state index contributed by atoms with van der Waals surface area (Å²) in [5.74, 6) is 1.77. The van der Waals surface area contributed by atoms with Gasteiger partial charge >= 0.3 is 0 Å². The smallest absolute Gasteiger partial charge is 0.142 e. The summed E-state index contributed by atoms with van der Waals surface area (Å²) in [7, 11) is 0. The third-order valence-electron chi connectivity index (χ3n) is 3.92. The zero-order valence-corrected chi connectivity index (χ0v) is 11.5. The normalized spacial score (nSPS) is 24.6. The van der Waals surface area contributed by atoms with Crippen molar-refractivity contribution in [2.24, 2.45) is 5.92 Å². The average molecular weight is 296 g/mol. The molecule has 0 saturated heterocycles. The van der Waals surface area contributed by atoms with Gasteiger partial charge in [-0.15, -0.1) is 0 Å². The summed E-state index contributed by atoms with van der Waals surface area (Å²) in [5.41, 5.74) is 1.14. The predicted octanol–water partition coefficient (Wildman–Crippen LogP) is 4.20. The van der Waals surface area contributed by atoms with Gasteiger partial charge < -0.3 is 10.1 Å². The molecule has 0 bridgehead atoms. The minimum Gasteiger partial charge on any atom is -0.489 e. The van der Waals surface area contributed by atoms with Crippen LogP contribution in [0, 0.1) is 5.92 Å². The molecule has 1 aromatic carbocycles. The summed E-state index contributed by atoms with van der Waals surface area (Å²) in [5, 5.41) is 3.65. The van der Waals surface area contributed by atoms with Crippen molar-refractivity contribution in [3.8, 4) is 5.75 Å². The minimum atomic E-state index is 0.497. The average Bonchev–Trinajstić information content (AvgIpc) is 2.39. The van der Waals surface area contributed by atoms with Crippen LogP contribution in [0.1, 0.15) is 32.1 Å². The predicted molar refractivity (Wildman–Crippen MR) is 73.6 cm³/mol. The Morgan fingerprint density at radius 2 is 2.00 bits per heavy atom. The van der Waals surface area contributed by atoms with Crippen molar-refractivity contribution >= 4 is 21.6 Å². The molecule has 17 heavy (non-hydrogen) atoms. The summed E-state index contributed by atoms with van der Waals surface area (Å²) in [6.07, 6.45) is 6.88. The van der Waals surface area contributed by atoms with Gasteiger partial charge in [-0.3, -0.25) is 0 Å². The van der Waals surface area contributed by atoms with Crippen molar-refractivity contribution in [3.63, 3.8) is 0 Å². The molecule has 92 valence electrons. The maximum Gasteiger partial charge on any atom is 0.142 e. The van der Waals surface area contributed by atoms with Gasteiger partial charge in [-0.1, -0.05) is 35.2 Å². The Bertz CT molecular complexity index is 401. The van der Waals surface area contributed by atoms with Crippen LogP contribution < -0.4 is 10.1 Å².